The molecule has 2 saturated heterocycles. The highest BCUT2D eigenvalue weighted by Gasteiger charge is 2.32. The fourth-order valence-electron chi connectivity index (χ4n) is 3.76. The molecule has 1 atom stereocenters. The van der Waals surface area contributed by atoms with Gasteiger partial charge in [0, 0.05) is 37.8 Å². The summed E-state index contributed by atoms with van der Waals surface area (Å²) < 4.78 is 11.1. The van der Waals surface area contributed by atoms with Crippen LogP contribution in [0, 0.1) is 0 Å². The van der Waals surface area contributed by atoms with Gasteiger partial charge in [0.05, 0.1) is 6.54 Å². The number of fused-ring (bicyclic) bond motifs is 1. The highest BCUT2D eigenvalue weighted by atomic mass is 35.5. The van der Waals surface area contributed by atoms with E-state index in [4.69, 9.17) is 9.47 Å². The molecule has 2 amide bonds. The number of carbonyl (C=O) groups excluding carboxylic acids is 2. The van der Waals surface area contributed by atoms with E-state index < -0.39 is 0 Å². The summed E-state index contributed by atoms with van der Waals surface area (Å²) in [5, 5.41) is 3.09. The lowest BCUT2D eigenvalue weighted by atomic mass is 10.0. The van der Waals surface area contributed by atoms with E-state index in [9.17, 15) is 9.59 Å². The average molecular weight is 382 g/mol. The largest absolute Gasteiger partial charge is 0.486 e. The Balaban J connectivity index is 0.00000196. The van der Waals surface area contributed by atoms with Gasteiger partial charge in [0.1, 0.15) is 13.2 Å². The number of likely N-dealkylation sites (tertiary alicyclic amines) is 1. The highest BCUT2D eigenvalue weighted by Crippen LogP contribution is 2.31. The Morgan fingerprint density at radius 1 is 1.15 bits per heavy atom. The Kier molecular flexibility index (Phi) is 5.88. The fraction of sp³-hybridized carbons (Fsp3) is 0.556. The van der Waals surface area contributed by atoms with Crippen molar-refractivity contribution < 1.29 is 19.1 Å². The maximum atomic E-state index is 12.9. The van der Waals surface area contributed by atoms with Gasteiger partial charge < -0.3 is 24.6 Å². The van der Waals surface area contributed by atoms with Gasteiger partial charge in [0.2, 0.25) is 5.91 Å². The number of piperazine rings is 1. The van der Waals surface area contributed by atoms with Gasteiger partial charge in [-0.3, -0.25) is 9.59 Å². The topological polar surface area (TPSA) is 71.1 Å². The van der Waals surface area contributed by atoms with Crippen LogP contribution in [0.3, 0.4) is 0 Å². The molecule has 0 radical (unpaired) electrons. The minimum Gasteiger partial charge on any atom is -0.486 e. The summed E-state index contributed by atoms with van der Waals surface area (Å²) in [5.74, 6) is 1.43. The third kappa shape index (κ3) is 3.73. The number of benzene rings is 1. The van der Waals surface area contributed by atoms with Gasteiger partial charge in [-0.05, 0) is 31.0 Å². The number of carbonyl (C=O) groups is 2. The maximum absolute atomic E-state index is 12.9. The van der Waals surface area contributed by atoms with Crippen molar-refractivity contribution in [2.75, 3.05) is 45.9 Å². The van der Waals surface area contributed by atoms with Gasteiger partial charge in [-0.1, -0.05) is 0 Å². The van der Waals surface area contributed by atoms with Crippen LogP contribution in [-0.2, 0) is 4.79 Å². The first kappa shape index (κ1) is 18.8. The number of nitrogens with zero attached hydrogens (tertiary/aromatic N) is 2. The van der Waals surface area contributed by atoms with Crippen molar-refractivity contribution >= 4 is 24.2 Å². The molecule has 0 aliphatic carbocycles. The van der Waals surface area contributed by atoms with Gasteiger partial charge in [-0.2, -0.15) is 0 Å². The molecule has 3 heterocycles. The molecular formula is C18H24ClN3O4. The predicted octanol–water partition coefficient (Wildman–Crippen LogP) is 0.916. The van der Waals surface area contributed by atoms with E-state index in [2.05, 4.69) is 5.32 Å². The first-order valence-corrected chi connectivity index (χ1v) is 8.91. The maximum Gasteiger partial charge on any atom is 0.254 e. The third-order valence-electron chi connectivity index (χ3n) is 5.04. The molecule has 0 saturated carbocycles. The van der Waals surface area contributed by atoms with Crippen molar-refractivity contribution in [3.63, 3.8) is 0 Å². The number of nitrogens with one attached hydrogen (secondary N) is 1. The van der Waals surface area contributed by atoms with Gasteiger partial charge in [0.15, 0.2) is 11.5 Å². The number of ether oxygens (including phenoxy) is 2. The lowest BCUT2D eigenvalue weighted by molar-refractivity contribution is -0.135. The summed E-state index contributed by atoms with van der Waals surface area (Å²) in [5.41, 5.74) is 0.608. The first-order chi connectivity index (χ1) is 12.2. The number of hydrogen-bond acceptors (Lipinski definition) is 5. The molecule has 3 aliphatic rings. The van der Waals surface area contributed by atoms with Crippen molar-refractivity contribution in [2.24, 2.45) is 0 Å². The Hall–Kier alpha value is -1.99. The van der Waals surface area contributed by atoms with Gasteiger partial charge in [-0.25, -0.2) is 0 Å². The Morgan fingerprint density at radius 2 is 1.96 bits per heavy atom. The van der Waals surface area contributed by atoms with Crippen LogP contribution in [0.5, 0.6) is 11.5 Å². The van der Waals surface area contributed by atoms with Gasteiger partial charge in [0.25, 0.3) is 5.91 Å². The minimum atomic E-state index is -0.00995. The average Bonchev–Trinajstić information content (AvgIpc) is 2.67. The summed E-state index contributed by atoms with van der Waals surface area (Å²) >= 11 is 0. The Bertz CT molecular complexity index is 684. The second-order valence-electron chi connectivity index (χ2n) is 6.67. The molecule has 0 aromatic heterocycles. The van der Waals surface area contributed by atoms with Crippen molar-refractivity contribution in [2.45, 2.75) is 18.9 Å². The lowest BCUT2D eigenvalue weighted by Crippen LogP contribution is -2.57. The van der Waals surface area contributed by atoms with E-state index in [0.717, 1.165) is 32.5 Å². The van der Waals surface area contributed by atoms with Crippen LogP contribution in [0.2, 0.25) is 0 Å². The number of piperidine rings is 1. The van der Waals surface area contributed by atoms with Crippen molar-refractivity contribution in [3.8, 4) is 11.5 Å². The van der Waals surface area contributed by atoms with Crippen LogP contribution in [0.1, 0.15) is 23.2 Å². The monoisotopic (exact) mass is 381 g/mol. The van der Waals surface area contributed by atoms with E-state index in [1.165, 1.54) is 0 Å². The lowest BCUT2D eigenvalue weighted by Gasteiger charge is -2.41. The smallest absolute Gasteiger partial charge is 0.254 e. The number of rotatable bonds is 2. The van der Waals surface area contributed by atoms with Crippen LogP contribution in [-0.4, -0.2) is 73.6 Å². The molecule has 2 fully saturated rings. The van der Waals surface area contributed by atoms with Crippen LogP contribution in [0.25, 0.3) is 0 Å². The van der Waals surface area contributed by atoms with Crippen molar-refractivity contribution in [3.05, 3.63) is 23.8 Å². The zero-order valence-electron chi connectivity index (χ0n) is 14.6. The summed E-state index contributed by atoms with van der Waals surface area (Å²) in [6.45, 7) is 4.29. The fourth-order valence-corrected chi connectivity index (χ4v) is 3.76. The molecule has 142 valence electrons. The second kappa shape index (κ2) is 8.14. The van der Waals surface area contributed by atoms with E-state index in [1.54, 1.807) is 18.2 Å². The molecule has 1 unspecified atom stereocenters. The van der Waals surface area contributed by atoms with Crippen LogP contribution in [0.15, 0.2) is 18.2 Å². The highest BCUT2D eigenvalue weighted by molar-refractivity contribution is 5.95. The molecule has 1 N–H and O–H groups in total. The second-order valence-corrected chi connectivity index (χ2v) is 6.67. The molecule has 0 bridgehead atoms. The minimum absolute atomic E-state index is 0. The first-order valence-electron chi connectivity index (χ1n) is 8.91. The molecular weight excluding hydrogens is 358 g/mol. The Morgan fingerprint density at radius 3 is 2.77 bits per heavy atom. The Labute approximate surface area is 159 Å². The normalized spacial score (nSPS) is 22.6. The van der Waals surface area contributed by atoms with E-state index in [-0.39, 0.29) is 30.3 Å². The summed E-state index contributed by atoms with van der Waals surface area (Å²) in [6, 6.07) is 5.46. The van der Waals surface area contributed by atoms with Crippen molar-refractivity contribution in [1.29, 1.82) is 0 Å². The van der Waals surface area contributed by atoms with E-state index in [1.807, 2.05) is 9.80 Å². The standard InChI is InChI=1S/C18H23N3O4.ClH/c22-17-11-19-5-7-21(17)14-2-1-6-20(12-14)18(23)13-3-4-15-16(10-13)25-9-8-24-15;/h3-4,10,14,19H,1-2,5-9,11-12H2;1H. The SMILES string of the molecule is Cl.O=C(c1ccc2c(c1)OCCO2)N1CCCC(N2CCNCC2=O)C1. The molecule has 3 aliphatic heterocycles. The van der Waals surface area contributed by atoms with Crippen molar-refractivity contribution in [1.82, 2.24) is 15.1 Å². The third-order valence-corrected chi connectivity index (χ3v) is 5.04. The molecule has 0 spiro atoms. The van der Waals surface area contributed by atoms with Crippen LogP contribution >= 0.6 is 12.4 Å². The predicted molar refractivity (Wildman–Crippen MR) is 98.2 cm³/mol. The molecule has 4 rings (SSSR count). The summed E-state index contributed by atoms with van der Waals surface area (Å²) in [7, 11) is 0. The zero-order chi connectivity index (χ0) is 17.2. The van der Waals surface area contributed by atoms with Gasteiger partial charge >= 0.3 is 0 Å². The summed E-state index contributed by atoms with van der Waals surface area (Å²) in [4.78, 5) is 28.8. The quantitative estimate of drug-likeness (QED) is 0.824. The molecule has 7 nitrogen and oxygen atoms in total. The van der Waals surface area contributed by atoms with Crippen LogP contribution < -0.4 is 14.8 Å². The van der Waals surface area contributed by atoms with E-state index in [0.29, 0.717) is 43.4 Å². The van der Waals surface area contributed by atoms with E-state index >= 15 is 0 Å². The molecule has 1 aromatic rings. The molecule has 26 heavy (non-hydrogen) atoms. The number of halogens is 1. The molecule has 1 aromatic carbocycles. The number of hydrogen-bond donors (Lipinski definition) is 1. The number of amides is 2. The zero-order valence-corrected chi connectivity index (χ0v) is 15.4. The van der Waals surface area contributed by atoms with Gasteiger partial charge in [-0.15, -0.1) is 12.4 Å². The molecule has 8 heteroatoms. The van der Waals surface area contributed by atoms with Crippen LogP contribution in [0.4, 0.5) is 0 Å². The summed E-state index contributed by atoms with van der Waals surface area (Å²) in [6.07, 6.45) is 1.87.